The second-order valence-corrected chi connectivity index (χ2v) is 7.63. The Hall–Kier alpha value is 0.300. The summed E-state index contributed by atoms with van der Waals surface area (Å²) in [6.45, 7) is 4.24. The molecule has 0 spiro atoms. The summed E-state index contributed by atoms with van der Waals surface area (Å²) in [6.07, 6.45) is -0.804. The summed E-state index contributed by atoms with van der Waals surface area (Å²) in [5, 5.41) is -1.67. The van der Waals surface area contributed by atoms with Crippen molar-refractivity contribution in [3.05, 3.63) is 0 Å². The van der Waals surface area contributed by atoms with E-state index in [0.717, 1.165) is 0 Å². The first kappa shape index (κ1) is 14.3. The van der Waals surface area contributed by atoms with E-state index in [4.69, 9.17) is 19.6 Å². The van der Waals surface area contributed by atoms with Gasteiger partial charge in [0.15, 0.2) is 0 Å². The zero-order chi connectivity index (χ0) is 11.8. The summed E-state index contributed by atoms with van der Waals surface area (Å²) in [5.41, 5.74) is 0. The van der Waals surface area contributed by atoms with Gasteiger partial charge in [-0.1, -0.05) is 13.8 Å². The first-order chi connectivity index (χ1) is 5.90. The zero-order valence-corrected chi connectivity index (χ0v) is 10.1. The Morgan fingerprint density at radius 3 is 1.57 bits per heavy atom. The van der Waals surface area contributed by atoms with Crippen LogP contribution in [0.25, 0.3) is 0 Å². The largest absolute Gasteiger partial charge is 0.332 e. The van der Waals surface area contributed by atoms with Crippen LogP contribution < -0.4 is 0 Å². The smallest absolute Gasteiger partial charge is 0.324 e. The third-order valence-electron chi connectivity index (χ3n) is 2.44. The summed E-state index contributed by atoms with van der Waals surface area (Å²) in [6, 6.07) is 0. The summed E-state index contributed by atoms with van der Waals surface area (Å²) in [7, 11) is -8.96. The molecule has 0 amide bonds. The van der Waals surface area contributed by atoms with Crippen LogP contribution in [0.15, 0.2) is 0 Å². The highest BCUT2D eigenvalue weighted by atomic mass is 31.2. The van der Waals surface area contributed by atoms with Crippen LogP contribution in [0.3, 0.4) is 0 Å². The molecule has 0 aliphatic rings. The molecule has 0 bridgehead atoms. The third-order valence-corrected chi connectivity index (χ3v) is 5.76. The van der Waals surface area contributed by atoms with Gasteiger partial charge in [0.2, 0.25) is 0 Å². The average molecular weight is 246 g/mol. The summed E-state index contributed by atoms with van der Waals surface area (Å²) < 4.78 is 21.9. The molecule has 6 nitrogen and oxygen atoms in total. The first-order valence-electron chi connectivity index (χ1n) is 4.00. The summed E-state index contributed by atoms with van der Waals surface area (Å²) in [4.78, 5) is 35.5. The Labute approximate surface area is 82.7 Å². The van der Waals surface area contributed by atoms with Gasteiger partial charge in [0.05, 0.1) is 11.3 Å². The van der Waals surface area contributed by atoms with Gasteiger partial charge in [0, 0.05) is 0 Å². The quantitative estimate of drug-likeness (QED) is 0.544. The van der Waals surface area contributed by atoms with E-state index in [-0.39, 0.29) is 0 Å². The van der Waals surface area contributed by atoms with Crippen molar-refractivity contribution >= 4 is 15.2 Å². The van der Waals surface area contributed by atoms with E-state index in [1.807, 2.05) is 0 Å². The Morgan fingerprint density at radius 2 is 1.50 bits per heavy atom. The van der Waals surface area contributed by atoms with Crippen molar-refractivity contribution in [3.63, 3.8) is 0 Å². The molecule has 0 aromatic carbocycles. The monoisotopic (exact) mass is 246 g/mol. The van der Waals surface area contributed by atoms with Crippen LogP contribution in [0.1, 0.15) is 20.8 Å². The second-order valence-electron chi connectivity index (χ2n) is 3.88. The first-order valence-corrected chi connectivity index (χ1v) is 7.41. The molecule has 0 aliphatic heterocycles. The van der Waals surface area contributed by atoms with Gasteiger partial charge in [0.1, 0.15) is 0 Å². The summed E-state index contributed by atoms with van der Waals surface area (Å²) in [5.74, 6) is -0.518. The fourth-order valence-electron chi connectivity index (χ4n) is 1.03. The normalized spacial score (nSPS) is 18.3. The van der Waals surface area contributed by atoms with Gasteiger partial charge in [0.25, 0.3) is 0 Å². The predicted molar refractivity (Wildman–Crippen MR) is 52.2 cm³/mol. The van der Waals surface area contributed by atoms with E-state index in [1.165, 1.54) is 20.8 Å². The number of hydrogen-bond acceptors (Lipinski definition) is 2. The van der Waals surface area contributed by atoms with Gasteiger partial charge in [-0.25, -0.2) is 0 Å². The molecule has 0 heterocycles. The van der Waals surface area contributed by atoms with E-state index >= 15 is 0 Å². The molecular weight excluding hydrogens is 230 g/mol. The Bertz CT molecular complexity index is 289. The molecule has 4 N–H and O–H groups in total. The lowest BCUT2D eigenvalue weighted by atomic mass is 9.99. The SMILES string of the molecule is CC(C)C(C)(CP(=O)(O)O)P(=O)(O)O. The van der Waals surface area contributed by atoms with Crippen LogP contribution in [-0.2, 0) is 9.13 Å². The van der Waals surface area contributed by atoms with Crippen molar-refractivity contribution in [2.75, 3.05) is 6.16 Å². The lowest BCUT2D eigenvalue weighted by Gasteiger charge is -2.34. The molecule has 0 aromatic rings. The standard InChI is InChI=1S/C6H16O6P2/c1-5(2)6(3,14(10,11)12)4-13(7,8)9/h5H,4H2,1-3H3,(H2,7,8,9)(H2,10,11,12). The van der Waals surface area contributed by atoms with Gasteiger partial charge < -0.3 is 19.6 Å². The maximum absolute atomic E-state index is 11.1. The topological polar surface area (TPSA) is 115 Å². The molecule has 0 saturated carbocycles. The molecule has 0 radical (unpaired) electrons. The fourth-order valence-corrected chi connectivity index (χ4v) is 4.19. The van der Waals surface area contributed by atoms with Crippen LogP contribution in [0.2, 0.25) is 0 Å². The highest BCUT2D eigenvalue weighted by Crippen LogP contribution is 2.59. The van der Waals surface area contributed by atoms with Crippen molar-refractivity contribution in [3.8, 4) is 0 Å². The highest BCUT2D eigenvalue weighted by Gasteiger charge is 2.49. The lowest BCUT2D eigenvalue weighted by molar-refractivity contribution is 0.294. The minimum Gasteiger partial charge on any atom is -0.324 e. The average Bonchev–Trinajstić information content (AvgIpc) is 1.79. The molecule has 1 unspecified atom stereocenters. The van der Waals surface area contributed by atoms with E-state index in [9.17, 15) is 9.13 Å². The van der Waals surface area contributed by atoms with Gasteiger partial charge in [-0.3, -0.25) is 9.13 Å². The maximum Gasteiger partial charge on any atom is 0.332 e. The maximum atomic E-state index is 11.1. The van der Waals surface area contributed by atoms with Crippen molar-refractivity contribution < 1.29 is 28.7 Å². The molecule has 0 saturated heterocycles. The molecule has 0 rings (SSSR count). The van der Waals surface area contributed by atoms with Crippen molar-refractivity contribution in [2.45, 2.75) is 25.9 Å². The molecule has 14 heavy (non-hydrogen) atoms. The third kappa shape index (κ3) is 3.46. The van der Waals surface area contributed by atoms with E-state index in [0.29, 0.717) is 0 Å². The van der Waals surface area contributed by atoms with Crippen molar-refractivity contribution in [1.82, 2.24) is 0 Å². The molecule has 1 atom stereocenters. The molecule has 0 aliphatic carbocycles. The van der Waals surface area contributed by atoms with Crippen LogP contribution in [0.4, 0.5) is 0 Å². The van der Waals surface area contributed by atoms with Crippen LogP contribution >= 0.6 is 15.2 Å². The number of hydrogen-bond donors (Lipinski definition) is 4. The zero-order valence-electron chi connectivity index (χ0n) is 8.28. The van der Waals surface area contributed by atoms with Crippen LogP contribution in [-0.4, -0.2) is 30.9 Å². The van der Waals surface area contributed by atoms with E-state index in [2.05, 4.69) is 0 Å². The predicted octanol–water partition coefficient (Wildman–Crippen LogP) is 0.756. The van der Waals surface area contributed by atoms with Gasteiger partial charge in [-0.2, -0.15) is 0 Å². The lowest BCUT2D eigenvalue weighted by Crippen LogP contribution is -2.35. The molecule has 86 valence electrons. The molecular formula is C6H16O6P2. The fraction of sp³-hybridized carbons (Fsp3) is 1.00. The second kappa shape index (κ2) is 4.05. The van der Waals surface area contributed by atoms with Crippen molar-refractivity contribution in [1.29, 1.82) is 0 Å². The number of rotatable bonds is 4. The van der Waals surface area contributed by atoms with Gasteiger partial charge in [-0.05, 0) is 12.8 Å². The minimum absolute atomic E-state index is 0.518. The van der Waals surface area contributed by atoms with Crippen molar-refractivity contribution in [2.24, 2.45) is 5.92 Å². The molecule has 0 aromatic heterocycles. The minimum atomic E-state index is -4.53. The van der Waals surface area contributed by atoms with Gasteiger partial charge in [-0.15, -0.1) is 0 Å². The van der Waals surface area contributed by atoms with Crippen LogP contribution in [0.5, 0.6) is 0 Å². The van der Waals surface area contributed by atoms with Gasteiger partial charge >= 0.3 is 15.2 Å². The van der Waals surface area contributed by atoms with Crippen LogP contribution in [0, 0.1) is 5.92 Å². The Kier molecular flexibility index (Phi) is 4.13. The highest BCUT2D eigenvalue weighted by molar-refractivity contribution is 7.57. The van der Waals surface area contributed by atoms with E-state index in [1.54, 1.807) is 0 Å². The Balaban J connectivity index is 5.15. The molecule has 8 heteroatoms. The summed E-state index contributed by atoms with van der Waals surface area (Å²) >= 11 is 0. The Morgan fingerprint density at radius 1 is 1.14 bits per heavy atom. The van der Waals surface area contributed by atoms with E-state index < -0.39 is 32.4 Å². The molecule has 0 fully saturated rings.